The van der Waals surface area contributed by atoms with Crippen LogP contribution in [0.15, 0.2) is 54.6 Å². The molecule has 1 fully saturated rings. The number of nitrogens with zero attached hydrogens (tertiary/aromatic N) is 1. The molecule has 2 nitrogen and oxygen atoms in total. The van der Waals surface area contributed by atoms with Crippen molar-refractivity contribution in [3.05, 3.63) is 54.6 Å². The van der Waals surface area contributed by atoms with Crippen molar-refractivity contribution < 1.29 is 0 Å². The summed E-state index contributed by atoms with van der Waals surface area (Å²) in [5.74, 6) is 0. The Morgan fingerprint density at radius 2 is 1.74 bits per heavy atom. The molecule has 0 saturated carbocycles. The zero-order chi connectivity index (χ0) is 13.1. The molecule has 2 aromatic rings. The van der Waals surface area contributed by atoms with Crippen LogP contribution in [-0.2, 0) is 0 Å². The fourth-order valence-electron chi connectivity index (χ4n) is 2.76. The van der Waals surface area contributed by atoms with E-state index in [1.807, 2.05) is 0 Å². The highest BCUT2D eigenvalue weighted by Gasteiger charge is 2.18. The summed E-state index contributed by atoms with van der Waals surface area (Å²) in [5.41, 5.74) is 3.98. The van der Waals surface area contributed by atoms with Gasteiger partial charge < -0.3 is 10.2 Å². The number of hydrogen-bond donors (Lipinski definition) is 1. The monoisotopic (exact) mass is 252 g/mol. The van der Waals surface area contributed by atoms with Crippen molar-refractivity contribution in [3.63, 3.8) is 0 Å². The van der Waals surface area contributed by atoms with Gasteiger partial charge in [0.1, 0.15) is 0 Å². The third-order valence-electron chi connectivity index (χ3n) is 3.70. The topological polar surface area (TPSA) is 15.3 Å². The molecular formula is C17H20N2. The standard InChI is InChI=1S/C17H20N2/c1-14-13-19(12-11-18-14)17-10-6-5-9-16(17)15-7-3-2-4-8-15/h2-10,14,18H,11-13H2,1H3. The van der Waals surface area contributed by atoms with E-state index in [0.717, 1.165) is 19.6 Å². The average Bonchev–Trinajstić information content (AvgIpc) is 2.48. The first kappa shape index (κ1) is 12.2. The van der Waals surface area contributed by atoms with Gasteiger partial charge >= 0.3 is 0 Å². The molecule has 1 unspecified atom stereocenters. The van der Waals surface area contributed by atoms with Crippen LogP contribution in [0.5, 0.6) is 0 Å². The van der Waals surface area contributed by atoms with Gasteiger partial charge in [0.2, 0.25) is 0 Å². The van der Waals surface area contributed by atoms with Crippen LogP contribution < -0.4 is 10.2 Å². The summed E-state index contributed by atoms with van der Waals surface area (Å²) in [7, 11) is 0. The first-order valence-electron chi connectivity index (χ1n) is 6.97. The van der Waals surface area contributed by atoms with Gasteiger partial charge in [-0.1, -0.05) is 48.5 Å². The molecule has 0 aliphatic carbocycles. The summed E-state index contributed by atoms with van der Waals surface area (Å²) in [6.45, 7) is 5.46. The third kappa shape index (κ3) is 2.64. The lowest BCUT2D eigenvalue weighted by Crippen LogP contribution is -2.49. The largest absolute Gasteiger partial charge is 0.368 e. The molecule has 2 heteroatoms. The van der Waals surface area contributed by atoms with Crippen LogP contribution in [-0.4, -0.2) is 25.7 Å². The van der Waals surface area contributed by atoms with Crippen molar-refractivity contribution in [2.24, 2.45) is 0 Å². The maximum Gasteiger partial charge on any atom is 0.0446 e. The highest BCUT2D eigenvalue weighted by molar-refractivity contribution is 5.78. The van der Waals surface area contributed by atoms with E-state index >= 15 is 0 Å². The van der Waals surface area contributed by atoms with Gasteiger partial charge in [-0.25, -0.2) is 0 Å². The minimum absolute atomic E-state index is 0.553. The lowest BCUT2D eigenvalue weighted by atomic mass is 10.0. The zero-order valence-electron chi connectivity index (χ0n) is 11.3. The number of anilines is 1. The van der Waals surface area contributed by atoms with E-state index in [9.17, 15) is 0 Å². The summed E-state index contributed by atoms with van der Waals surface area (Å²) < 4.78 is 0. The molecule has 1 aliphatic rings. The maximum atomic E-state index is 3.50. The fourth-order valence-corrected chi connectivity index (χ4v) is 2.76. The summed E-state index contributed by atoms with van der Waals surface area (Å²) in [5, 5.41) is 3.50. The van der Waals surface area contributed by atoms with Crippen LogP contribution in [0.2, 0.25) is 0 Å². The molecule has 1 heterocycles. The first-order chi connectivity index (χ1) is 9.34. The number of para-hydroxylation sites is 1. The molecule has 19 heavy (non-hydrogen) atoms. The molecule has 2 aromatic carbocycles. The highest BCUT2D eigenvalue weighted by Crippen LogP contribution is 2.31. The number of piperazine rings is 1. The van der Waals surface area contributed by atoms with E-state index in [2.05, 4.69) is 71.7 Å². The van der Waals surface area contributed by atoms with E-state index < -0.39 is 0 Å². The predicted molar refractivity (Wildman–Crippen MR) is 81.6 cm³/mol. The fraction of sp³-hybridized carbons (Fsp3) is 0.294. The van der Waals surface area contributed by atoms with Gasteiger partial charge in [-0.15, -0.1) is 0 Å². The van der Waals surface area contributed by atoms with E-state index in [0.29, 0.717) is 6.04 Å². The van der Waals surface area contributed by atoms with Crippen molar-refractivity contribution in [2.75, 3.05) is 24.5 Å². The van der Waals surface area contributed by atoms with E-state index in [1.54, 1.807) is 0 Å². The Hall–Kier alpha value is -1.80. The Balaban J connectivity index is 1.98. The Morgan fingerprint density at radius 3 is 2.53 bits per heavy atom. The molecule has 3 rings (SSSR count). The minimum atomic E-state index is 0.553. The van der Waals surface area contributed by atoms with Gasteiger partial charge in [0.15, 0.2) is 0 Å². The Kier molecular flexibility index (Phi) is 3.51. The van der Waals surface area contributed by atoms with Gasteiger partial charge in [0.25, 0.3) is 0 Å². The number of rotatable bonds is 2. The second kappa shape index (κ2) is 5.45. The van der Waals surface area contributed by atoms with Crippen LogP contribution in [0.1, 0.15) is 6.92 Å². The molecule has 0 radical (unpaired) electrons. The van der Waals surface area contributed by atoms with E-state index in [-0.39, 0.29) is 0 Å². The first-order valence-corrected chi connectivity index (χ1v) is 6.97. The summed E-state index contributed by atoms with van der Waals surface area (Å²) in [6.07, 6.45) is 0. The second-order valence-electron chi connectivity index (χ2n) is 5.18. The summed E-state index contributed by atoms with van der Waals surface area (Å²) in [6, 6.07) is 19.9. The van der Waals surface area contributed by atoms with Crippen molar-refractivity contribution in [2.45, 2.75) is 13.0 Å². The molecule has 0 amide bonds. The molecule has 98 valence electrons. The molecule has 1 atom stereocenters. The van der Waals surface area contributed by atoms with Gasteiger partial charge in [0, 0.05) is 36.9 Å². The van der Waals surface area contributed by atoms with Crippen LogP contribution >= 0.6 is 0 Å². The lowest BCUT2D eigenvalue weighted by Gasteiger charge is -2.35. The second-order valence-corrected chi connectivity index (χ2v) is 5.18. The normalized spacial score (nSPS) is 19.4. The summed E-state index contributed by atoms with van der Waals surface area (Å²) >= 11 is 0. The zero-order valence-corrected chi connectivity index (χ0v) is 11.3. The Bertz CT molecular complexity index is 536. The SMILES string of the molecule is CC1CN(c2ccccc2-c2ccccc2)CCN1. The number of nitrogens with one attached hydrogen (secondary N) is 1. The number of hydrogen-bond acceptors (Lipinski definition) is 2. The number of benzene rings is 2. The average molecular weight is 252 g/mol. The van der Waals surface area contributed by atoms with Gasteiger partial charge in [-0.2, -0.15) is 0 Å². The molecule has 0 bridgehead atoms. The van der Waals surface area contributed by atoms with Crippen molar-refractivity contribution in [1.82, 2.24) is 5.32 Å². The summed E-state index contributed by atoms with van der Waals surface area (Å²) in [4.78, 5) is 2.49. The smallest absolute Gasteiger partial charge is 0.0446 e. The molecule has 0 aromatic heterocycles. The van der Waals surface area contributed by atoms with Gasteiger partial charge in [0.05, 0.1) is 0 Å². The maximum absolute atomic E-state index is 3.50. The third-order valence-corrected chi connectivity index (χ3v) is 3.70. The van der Waals surface area contributed by atoms with E-state index in [1.165, 1.54) is 16.8 Å². The Labute approximate surface area is 115 Å². The molecule has 1 aliphatic heterocycles. The Morgan fingerprint density at radius 1 is 1.00 bits per heavy atom. The van der Waals surface area contributed by atoms with Crippen molar-refractivity contribution >= 4 is 5.69 Å². The van der Waals surface area contributed by atoms with Crippen LogP contribution in [0.3, 0.4) is 0 Å². The highest BCUT2D eigenvalue weighted by atomic mass is 15.2. The molecule has 1 saturated heterocycles. The quantitative estimate of drug-likeness (QED) is 0.883. The lowest BCUT2D eigenvalue weighted by molar-refractivity contribution is 0.485. The van der Waals surface area contributed by atoms with Gasteiger partial charge in [-0.05, 0) is 18.6 Å². The molecular weight excluding hydrogens is 232 g/mol. The van der Waals surface area contributed by atoms with Crippen molar-refractivity contribution in [1.29, 1.82) is 0 Å². The molecule has 0 spiro atoms. The van der Waals surface area contributed by atoms with Crippen LogP contribution in [0.4, 0.5) is 5.69 Å². The van der Waals surface area contributed by atoms with Crippen LogP contribution in [0, 0.1) is 0 Å². The predicted octanol–water partition coefficient (Wildman–Crippen LogP) is 3.15. The van der Waals surface area contributed by atoms with E-state index in [4.69, 9.17) is 0 Å². The van der Waals surface area contributed by atoms with Crippen molar-refractivity contribution in [3.8, 4) is 11.1 Å². The minimum Gasteiger partial charge on any atom is -0.368 e. The van der Waals surface area contributed by atoms with Gasteiger partial charge in [-0.3, -0.25) is 0 Å². The molecule has 1 N–H and O–H groups in total. The van der Waals surface area contributed by atoms with Crippen LogP contribution in [0.25, 0.3) is 11.1 Å².